The van der Waals surface area contributed by atoms with Crippen LogP contribution in [0.3, 0.4) is 0 Å². The summed E-state index contributed by atoms with van der Waals surface area (Å²) in [6.45, 7) is 0.0641. The van der Waals surface area contributed by atoms with Gasteiger partial charge in [0.2, 0.25) is 5.71 Å². The van der Waals surface area contributed by atoms with E-state index in [-0.39, 0.29) is 18.0 Å². The molecule has 1 aliphatic rings. The molecule has 7 nitrogen and oxygen atoms in total. The van der Waals surface area contributed by atoms with E-state index >= 15 is 0 Å². The number of hydrogen-bond acceptors (Lipinski definition) is 7. The van der Waals surface area contributed by atoms with Crippen molar-refractivity contribution in [3.63, 3.8) is 0 Å². The van der Waals surface area contributed by atoms with Gasteiger partial charge in [0.1, 0.15) is 17.8 Å². The Bertz CT molecular complexity index is 1350. The maximum absolute atomic E-state index is 12.0. The molecule has 1 fully saturated rings. The van der Waals surface area contributed by atoms with E-state index < -0.39 is 16.9 Å². The lowest BCUT2D eigenvalue weighted by atomic mass is 9.77. The molecule has 184 valence electrons. The number of aromatic nitrogens is 1. The molecule has 37 heavy (non-hydrogen) atoms. The van der Waals surface area contributed by atoms with Crippen LogP contribution in [0.25, 0.3) is 0 Å². The fourth-order valence-corrected chi connectivity index (χ4v) is 4.99. The second kappa shape index (κ2) is 10.2. The smallest absolute Gasteiger partial charge is 0.360 e. The standard InChI is InChI=1S/C29H24N4O3S/c30-19-28(16-17-28)20-36-33-25(26(34)35)24-18-37-27(31-24)32-29(21-10-4-1-5-11-21,22-12-6-2-7-13-22)23-14-8-3-9-15-23/h1-15,18H,16-17,20H2,(H,31,32)(H,34,35)/b33-25-. The zero-order valence-corrected chi connectivity index (χ0v) is 20.7. The summed E-state index contributed by atoms with van der Waals surface area (Å²) in [6, 6.07) is 32.4. The average molecular weight is 509 g/mol. The molecule has 1 aromatic heterocycles. The van der Waals surface area contributed by atoms with E-state index in [1.54, 1.807) is 5.38 Å². The summed E-state index contributed by atoms with van der Waals surface area (Å²) in [7, 11) is 0. The molecular formula is C29H24N4O3S. The van der Waals surface area contributed by atoms with Gasteiger partial charge in [-0.25, -0.2) is 9.78 Å². The van der Waals surface area contributed by atoms with Gasteiger partial charge in [-0.05, 0) is 29.5 Å². The molecule has 0 spiro atoms. The molecular weight excluding hydrogens is 484 g/mol. The fourth-order valence-electron chi connectivity index (χ4n) is 4.24. The minimum atomic E-state index is -1.25. The number of benzene rings is 3. The maximum atomic E-state index is 12.0. The summed E-state index contributed by atoms with van der Waals surface area (Å²) < 4.78 is 0. The van der Waals surface area contributed by atoms with Crippen LogP contribution < -0.4 is 5.32 Å². The third-order valence-electron chi connectivity index (χ3n) is 6.45. The number of oxime groups is 1. The van der Waals surface area contributed by atoms with Crippen molar-refractivity contribution in [2.24, 2.45) is 10.6 Å². The molecule has 3 aromatic carbocycles. The predicted molar refractivity (Wildman–Crippen MR) is 142 cm³/mol. The van der Waals surface area contributed by atoms with Crippen LogP contribution in [0.5, 0.6) is 0 Å². The van der Waals surface area contributed by atoms with Crippen LogP contribution in [0.15, 0.2) is 102 Å². The average Bonchev–Trinajstić information content (AvgIpc) is 3.59. The van der Waals surface area contributed by atoms with Crippen molar-refractivity contribution in [1.82, 2.24) is 4.98 Å². The van der Waals surface area contributed by atoms with Crippen LogP contribution in [0, 0.1) is 16.7 Å². The number of thiazole rings is 1. The molecule has 2 N–H and O–H groups in total. The van der Waals surface area contributed by atoms with Crippen molar-refractivity contribution in [3.05, 3.63) is 119 Å². The lowest BCUT2D eigenvalue weighted by molar-refractivity contribution is -0.129. The van der Waals surface area contributed by atoms with E-state index in [9.17, 15) is 15.2 Å². The predicted octanol–water partition coefficient (Wildman–Crippen LogP) is 5.66. The van der Waals surface area contributed by atoms with Crippen LogP contribution >= 0.6 is 11.3 Å². The molecule has 5 rings (SSSR count). The van der Waals surface area contributed by atoms with Crippen LogP contribution in [0.2, 0.25) is 0 Å². The number of nitrogens with zero attached hydrogens (tertiary/aromatic N) is 3. The Morgan fingerprint density at radius 2 is 1.51 bits per heavy atom. The minimum absolute atomic E-state index is 0.0641. The maximum Gasteiger partial charge on any atom is 0.360 e. The zero-order chi connectivity index (χ0) is 25.7. The highest BCUT2D eigenvalue weighted by atomic mass is 32.1. The fraction of sp³-hybridized carbons (Fsp3) is 0.172. The number of carboxylic acid groups (broad SMARTS) is 1. The first kappa shape index (κ1) is 24.2. The van der Waals surface area contributed by atoms with E-state index in [0.717, 1.165) is 29.5 Å². The monoisotopic (exact) mass is 508 g/mol. The number of aliphatic carboxylic acids is 1. The Kier molecular flexibility index (Phi) is 6.71. The Balaban J connectivity index is 1.54. The highest BCUT2D eigenvalue weighted by Gasteiger charge is 2.44. The van der Waals surface area contributed by atoms with E-state index in [2.05, 4.69) is 57.9 Å². The normalized spacial score (nSPS) is 14.4. The van der Waals surface area contributed by atoms with Crippen molar-refractivity contribution in [1.29, 1.82) is 5.26 Å². The first-order valence-electron chi connectivity index (χ1n) is 11.8. The third-order valence-corrected chi connectivity index (χ3v) is 7.21. The van der Waals surface area contributed by atoms with Gasteiger partial charge in [0.15, 0.2) is 5.13 Å². The van der Waals surface area contributed by atoms with E-state index in [1.807, 2.05) is 54.6 Å². The number of nitrogens with one attached hydrogen (secondary N) is 1. The van der Waals surface area contributed by atoms with Gasteiger partial charge in [-0.15, -0.1) is 11.3 Å². The highest BCUT2D eigenvalue weighted by molar-refractivity contribution is 7.14. The number of rotatable bonds is 10. The van der Waals surface area contributed by atoms with Crippen LogP contribution in [0.4, 0.5) is 5.13 Å². The molecule has 0 unspecified atom stereocenters. The van der Waals surface area contributed by atoms with Crippen LogP contribution in [0.1, 0.15) is 35.2 Å². The highest BCUT2D eigenvalue weighted by Crippen LogP contribution is 2.45. The summed E-state index contributed by atoms with van der Waals surface area (Å²) in [4.78, 5) is 21.8. The lowest BCUT2D eigenvalue weighted by Crippen LogP contribution is -2.38. The molecule has 1 saturated carbocycles. The molecule has 0 bridgehead atoms. The molecule has 8 heteroatoms. The minimum Gasteiger partial charge on any atom is -0.476 e. The second-order valence-electron chi connectivity index (χ2n) is 8.92. The van der Waals surface area contributed by atoms with Crippen molar-refractivity contribution in [2.75, 3.05) is 11.9 Å². The molecule has 0 aliphatic heterocycles. The molecule has 1 aliphatic carbocycles. The summed E-state index contributed by atoms with van der Waals surface area (Å²) in [5.74, 6) is -1.25. The molecule has 1 heterocycles. The lowest BCUT2D eigenvalue weighted by Gasteiger charge is -2.36. The summed E-state index contributed by atoms with van der Waals surface area (Å²) in [6.07, 6.45) is 1.46. The first-order chi connectivity index (χ1) is 18.1. The van der Waals surface area contributed by atoms with Gasteiger partial charge in [-0.1, -0.05) is 96.2 Å². The number of hydrogen-bond donors (Lipinski definition) is 2. The number of carboxylic acids is 1. The van der Waals surface area contributed by atoms with Gasteiger partial charge in [0.25, 0.3) is 0 Å². The van der Waals surface area contributed by atoms with Gasteiger partial charge < -0.3 is 15.3 Å². The SMILES string of the molecule is N#CC1(CO/N=C(\C(=O)O)c2csc(NC(c3ccccc3)(c3ccccc3)c3ccccc3)n2)CC1. The quantitative estimate of drug-likeness (QED) is 0.163. The Morgan fingerprint density at radius 1 is 1.00 bits per heavy atom. The third kappa shape index (κ3) is 4.95. The zero-order valence-electron chi connectivity index (χ0n) is 19.9. The summed E-state index contributed by atoms with van der Waals surface area (Å²) >= 11 is 1.29. The Hall–Kier alpha value is -4.48. The van der Waals surface area contributed by atoms with Crippen molar-refractivity contribution in [3.8, 4) is 6.07 Å². The van der Waals surface area contributed by atoms with Gasteiger partial charge in [0, 0.05) is 5.38 Å². The van der Waals surface area contributed by atoms with E-state index in [0.29, 0.717) is 5.13 Å². The molecule has 0 radical (unpaired) electrons. The topological polar surface area (TPSA) is 108 Å². The number of nitriles is 1. The van der Waals surface area contributed by atoms with Gasteiger partial charge >= 0.3 is 5.97 Å². The van der Waals surface area contributed by atoms with Crippen molar-refractivity contribution >= 4 is 28.1 Å². The Morgan fingerprint density at radius 3 is 1.95 bits per heavy atom. The van der Waals surface area contributed by atoms with Crippen LogP contribution in [-0.4, -0.2) is 28.4 Å². The van der Waals surface area contributed by atoms with Crippen molar-refractivity contribution in [2.45, 2.75) is 18.4 Å². The molecule has 4 aromatic rings. The van der Waals surface area contributed by atoms with Gasteiger partial charge in [-0.3, -0.25) is 0 Å². The molecule has 0 amide bonds. The Labute approximate surface area is 218 Å². The largest absolute Gasteiger partial charge is 0.476 e. The van der Waals surface area contributed by atoms with Gasteiger partial charge in [0.05, 0.1) is 11.5 Å². The molecule has 0 saturated heterocycles. The number of anilines is 1. The summed E-state index contributed by atoms with van der Waals surface area (Å²) in [5, 5.41) is 28.6. The molecule has 0 atom stereocenters. The second-order valence-corrected chi connectivity index (χ2v) is 9.78. The summed E-state index contributed by atoms with van der Waals surface area (Å²) in [5.41, 5.74) is 1.55. The van der Waals surface area contributed by atoms with E-state index in [1.165, 1.54) is 11.3 Å². The van der Waals surface area contributed by atoms with Crippen LogP contribution in [-0.2, 0) is 15.2 Å². The van der Waals surface area contributed by atoms with Crippen molar-refractivity contribution < 1.29 is 14.7 Å². The van der Waals surface area contributed by atoms with E-state index in [4.69, 9.17) is 4.84 Å². The van der Waals surface area contributed by atoms with Gasteiger partial charge in [-0.2, -0.15) is 5.26 Å². The first-order valence-corrected chi connectivity index (χ1v) is 12.7. The number of carbonyl (C=O) groups is 1.